The summed E-state index contributed by atoms with van der Waals surface area (Å²) in [5.41, 5.74) is 7.37. The van der Waals surface area contributed by atoms with Crippen molar-refractivity contribution in [1.82, 2.24) is 4.98 Å². The fourth-order valence-corrected chi connectivity index (χ4v) is 2.33. The van der Waals surface area contributed by atoms with Crippen LogP contribution < -0.4 is 11.1 Å². The van der Waals surface area contributed by atoms with Crippen molar-refractivity contribution >= 4 is 22.4 Å². The number of amides is 1. The molecule has 0 spiro atoms. The molecule has 0 aliphatic heterocycles. The van der Waals surface area contributed by atoms with Gasteiger partial charge in [-0.1, -0.05) is 30.3 Å². The van der Waals surface area contributed by atoms with Crippen molar-refractivity contribution in [3.8, 4) is 0 Å². The molecule has 94 valence electrons. The van der Waals surface area contributed by atoms with Gasteiger partial charge in [-0.05, 0) is 12.1 Å². The molecule has 0 bridgehead atoms. The van der Waals surface area contributed by atoms with Gasteiger partial charge in [0.2, 0.25) is 5.91 Å². The number of hydrogen-bond donors (Lipinski definition) is 2. The van der Waals surface area contributed by atoms with Gasteiger partial charge in [0, 0.05) is 11.8 Å². The van der Waals surface area contributed by atoms with E-state index < -0.39 is 0 Å². The summed E-state index contributed by atoms with van der Waals surface area (Å²) in [6, 6.07) is 9.64. The van der Waals surface area contributed by atoms with E-state index in [9.17, 15) is 4.79 Å². The van der Waals surface area contributed by atoms with E-state index >= 15 is 0 Å². The maximum atomic E-state index is 11.8. The van der Waals surface area contributed by atoms with Gasteiger partial charge >= 0.3 is 0 Å². The molecule has 1 heterocycles. The molecule has 4 nitrogen and oxygen atoms in total. The molecule has 0 saturated heterocycles. The third-order valence-corrected chi connectivity index (χ3v) is 3.21. The predicted molar refractivity (Wildman–Crippen MR) is 73.6 cm³/mol. The van der Waals surface area contributed by atoms with Crippen LogP contribution in [0.5, 0.6) is 0 Å². The average molecular weight is 261 g/mol. The van der Waals surface area contributed by atoms with Gasteiger partial charge in [0.05, 0.1) is 12.1 Å². The van der Waals surface area contributed by atoms with Gasteiger partial charge in [-0.25, -0.2) is 4.98 Å². The summed E-state index contributed by atoms with van der Waals surface area (Å²) in [6.45, 7) is 0.571. The smallest absolute Gasteiger partial charge is 0.230 e. The summed E-state index contributed by atoms with van der Waals surface area (Å²) in [5.74, 6) is -0.0464. The Morgan fingerprint density at radius 2 is 2.11 bits per heavy atom. The zero-order valence-corrected chi connectivity index (χ0v) is 10.7. The minimum absolute atomic E-state index is 0.0464. The molecule has 0 radical (unpaired) electrons. The SMILES string of the molecule is NCCc1csc(NC(=O)Cc2ccccc2)n1. The zero-order chi connectivity index (χ0) is 12.8. The van der Waals surface area contributed by atoms with Crippen LogP contribution in [0.4, 0.5) is 5.13 Å². The maximum absolute atomic E-state index is 11.8. The Bertz CT molecular complexity index is 510. The maximum Gasteiger partial charge on any atom is 0.230 e. The number of aromatic nitrogens is 1. The molecule has 0 fully saturated rings. The van der Waals surface area contributed by atoms with Crippen molar-refractivity contribution in [3.05, 3.63) is 47.0 Å². The van der Waals surface area contributed by atoms with Gasteiger partial charge in [0.15, 0.2) is 5.13 Å². The van der Waals surface area contributed by atoms with Crippen LogP contribution in [0.3, 0.4) is 0 Å². The van der Waals surface area contributed by atoms with Crippen LogP contribution in [-0.4, -0.2) is 17.4 Å². The monoisotopic (exact) mass is 261 g/mol. The first-order valence-corrected chi connectivity index (χ1v) is 6.64. The molecule has 5 heteroatoms. The third-order valence-electron chi connectivity index (χ3n) is 2.41. The highest BCUT2D eigenvalue weighted by Crippen LogP contribution is 2.15. The highest BCUT2D eigenvalue weighted by atomic mass is 32.1. The summed E-state index contributed by atoms with van der Waals surface area (Å²) in [6.07, 6.45) is 1.11. The molecular formula is C13H15N3OS. The van der Waals surface area contributed by atoms with E-state index in [0.29, 0.717) is 18.1 Å². The second-order valence-electron chi connectivity index (χ2n) is 3.89. The Labute approximate surface area is 110 Å². The largest absolute Gasteiger partial charge is 0.330 e. The Morgan fingerprint density at radius 3 is 2.83 bits per heavy atom. The van der Waals surface area contributed by atoms with Crippen molar-refractivity contribution in [3.63, 3.8) is 0 Å². The van der Waals surface area contributed by atoms with Gasteiger partial charge in [-0.15, -0.1) is 11.3 Å². The number of rotatable bonds is 5. The number of benzene rings is 1. The van der Waals surface area contributed by atoms with E-state index in [-0.39, 0.29) is 5.91 Å². The van der Waals surface area contributed by atoms with Gasteiger partial charge in [0.25, 0.3) is 0 Å². The van der Waals surface area contributed by atoms with E-state index in [0.717, 1.165) is 17.7 Å². The zero-order valence-electron chi connectivity index (χ0n) is 9.93. The number of nitrogens with one attached hydrogen (secondary N) is 1. The first-order valence-electron chi connectivity index (χ1n) is 5.76. The number of anilines is 1. The number of thiazole rings is 1. The summed E-state index contributed by atoms with van der Waals surface area (Å²) in [5, 5.41) is 5.36. The number of hydrogen-bond acceptors (Lipinski definition) is 4. The number of nitrogens with zero attached hydrogens (tertiary/aromatic N) is 1. The Kier molecular flexibility index (Phi) is 4.44. The highest BCUT2D eigenvalue weighted by molar-refractivity contribution is 7.13. The first-order chi connectivity index (χ1) is 8.78. The molecule has 0 saturated carbocycles. The molecule has 0 aliphatic carbocycles. The molecule has 1 amide bonds. The minimum atomic E-state index is -0.0464. The molecule has 1 aromatic heterocycles. The fourth-order valence-electron chi connectivity index (χ4n) is 1.57. The standard InChI is InChI=1S/C13H15N3OS/c14-7-6-11-9-18-13(15-11)16-12(17)8-10-4-2-1-3-5-10/h1-5,9H,6-8,14H2,(H,15,16,17). The highest BCUT2D eigenvalue weighted by Gasteiger charge is 2.07. The number of nitrogens with two attached hydrogens (primary N) is 1. The van der Waals surface area contributed by atoms with E-state index in [2.05, 4.69) is 10.3 Å². The fraction of sp³-hybridized carbons (Fsp3) is 0.231. The topological polar surface area (TPSA) is 68.0 Å². The van der Waals surface area contributed by atoms with Crippen LogP contribution in [0, 0.1) is 0 Å². The molecule has 0 unspecified atom stereocenters. The van der Waals surface area contributed by atoms with Gasteiger partial charge in [-0.3, -0.25) is 4.79 Å². The summed E-state index contributed by atoms with van der Waals surface area (Å²) in [4.78, 5) is 16.1. The van der Waals surface area contributed by atoms with Crippen molar-refractivity contribution in [1.29, 1.82) is 0 Å². The quantitative estimate of drug-likeness (QED) is 0.862. The second kappa shape index (κ2) is 6.28. The normalized spacial score (nSPS) is 10.3. The lowest BCUT2D eigenvalue weighted by Gasteiger charge is -2.01. The van der Waals surface area contributed by atoms with Crippen LogP contribution in [-0.2, 0) is 17.6 Å². The summed E-state index contributed by atoms with van der Waals surface area (Å²) < 4.78 is 0. The van der Waals surface area contributed by atoms with Gasteiger partial charge < -0.3 is 11.1 Å². The third kappa shape index (κ3) is 3.65. The molecule has 3 N–H and O–H groups in total. The molecule has 2 rings (SSSR count). The second-order valence-corrected chi connectivity index (χ2v) is 4.75. The van der Waals surface area contributed by atoms with Gasteiger partial charge in [-0.2, -0.15) is 0 Å². The van der Waals surface area contributed by atoms with Crippen LogP contribution in [0.2, 0.25) is 0 Å². The van der Waals surface area contributed by atoms with Crippen molar-refractivity contribution < 1.29 is 4.79 Å². The van der Waals surface area contributed by atoms with Crippen molar-refractivity contribution in [2.24, 2.45) is 5.73 Å². The van der Waals surface area contributed by atoms with E-state index in [1.807, 2.05) is 35.7 Å². The molecule has 18 heavy (non-hydrogen) atoms. The Morgan fingerprint density at radius 1 is 1.33 bits per heavy atom. The lowest BCUT2D eigenvalue weighted by atomic mass is 10.1. The van der Waals surface area contributed by atoms with Crippen molar-refractivity contribution in [2.75, 3.05) is 11.9 Å². The van der Waals surface area contributed by atoms with Crippen molar-refractivity contribution in [2.45, 2.75) is 12.8 Å². The first kappa shape index (κ1) is 12.7. The van der Waals surface area contributed by atoms with E-state index in [1.165, 1.54) is 11.3 Å². The summed E-state index contributed by atoms with van der Waals surface area (Å²) in [7, 11) is 0. The molecule has 2 aromatic rings. The molecular weight excluding hydrogens is 246 g/mol. The van der Waals surface area contributed by atoms with E-state index in [1.54, 1.807) is 0 Å². The summed E-state index contributed by atoms with van der Waals surface area (Å²) >= 11 is 1.43. The molecule has 0 atom stereocenters. The average Bonchev–Trinajstić information content (AvgIpc) is 2.78. The molecule has 0 aliphatic rings. The van der Waals surface area contributed by atoms with Gasteiger partial charge in [0.1, 0.15) is 0 Å². The number of carbonyl (C=O) groups excluding carboxylic acids is 1. The lowest BCUT2D eigenvalue weighted by Crippen LogP contribution is -2.14. The van der Waals surface area contributed by atoms with Crippen LogP contribution >= 0.6 is 11.3 Å². The van der Waals surface area contributed by atoms with Crippen LogP contribution in [0.1, 0.15) is 11.3 Å². The van der Waals surface area contributed by atoms with E-state index in [4.69, 9.17) is 5.73 Å². The number of carbonyl (C=O) groups is 1. The lowest BCUT2D eigenvalue weighted by molar-refractivity contribution is -0.115. The molecule has 1 aromatic carbocycles. The predicted octanol–water partition coefficient (Wildman–Crippen LogP) is 1.83. The van der Waals surface area contributed by atoms with Crippen LogP contribution in [0.15, 0.2) is 35.7 Å². The van der Waals surface area contributed by atoms with Crippen LogP contribution in [0.25, 0.3) is 0 Å². The minimum Gasteiger partial charge on any atom is -0.330 e. The Balaban J connectivity index is 1.90. The Hall–Kier alpha value is -1.72.